The molecule has 1 aromatic heterocycles. The van der Waals surface area contributed by atoms with E-state index in [2.05, 4.69) is 10.4 Å². The van der Waals surface area contributed by atoms with E-state index in [-0.39, 0.29) is 12.6 Å². The number of esters is 1. The molecule has 0 spiro atoms. The van der Waals surface area contributed by atoms with E-state index < -0.39 is 5.97 Å². The summed E-state index contributed by atoms with van der Waals surface area (Å²) in [7, 11) is 1.67. The molecule has 2 amide bonds. The molecule has 1 heterocycles. The van der Waals surface area contributed by atoms with Gasteiger partial charge in [0.05, 0.1) is 12.3 Å². The standard InChI is InChI=1S/C13H22N4O3/c1-6-17(7-2)13(19)14-11-10(12(18)20-8-3)9(4)15-16(11)5/h6-8H2,1-5H3,(H,14,19). The van der Waals surface area contributed by atoms with Crippen LogP contribution in [0.4, 0.5) is 10.6 Å². The van der Waals surface area contributed by atoms with E-state index in [0.717, 1.165) is 0 Å². The van der Waals surface area contributed by atoms with Gasteiger partial charge in [-0.1, -0.05) is 0 Å². The van der Waals surface area contributed by atoms with Gasteiger partial charge in [0, 0.05) is 20.1 Å². The van der Waals surface area contributed by atoms with Crippen LogP contribution in [-0.2, 0) is 11.8 Å². The van der Waals surface area contributed by atoms with E-state index in [0.29, 0.717) is 30.2 Å². The second-order valence-electron chi connectivity index (χ2n) is 4.26. The maximum Gasteiger partial charge on any atom is 0.343 e. The fourth-order valence-electron chi connectivity index (χ4n) is 1.94. The molecule has 1 N–H and O–H groups in total. The van der Waals surface area contributed by atoms with Crippen molar-refractivity contribution < 1.29 is 14.3 Å². The number of aromatic nitrogens is 2. The van der Waals surface area contributed by atoms with Crippen LogP contribution in [0.2, 0.25) is 0 Å². The lowest BCUT2D eigenvalue weighted by Gasteiger charge is -2.19. The third kappa shape index (κ3) is 3.28. The summed E-state index contributed by atoms with van der Waals surface area (Å²) in [5, 5.41) is 6.89. The van der Waals surface area contributed by atoms with Gasteiger partial charge in [-0.15, -0.1) is 0 Å². The predicted molar refractivity (Wildman–Crippen MR) is 75.8 cm³/mol. The van der Waals surface area contributed by atoms with Crippen molar-refractivity contribution in [1.29, 1.82) is 0 Å². The number of ether oxygens (including phenoxy) is 1. The number of carbonyl (C=O) groups excluding carboxylic acids is 2. The van der Waals surface area contributed by atoms with Crippen LogP contribution in [-0.4, -0.2) is 46.4 Å². The minimum Gasteiger partial charge on any atom is -0.462 e. The Kier molecular flexibility index (Phi) is 5.54. The number of aryl methyl sites for hydroxylation is 2. The highest BCUT2D eigenvalue weighted by Gasteiger charge is 2.23. The van der Waals surface area contributed by atoms with E-state index in [1.165, 1.54) is 4.68 Å². The molecule has 0 bridgehead atoms. The summed E-state index contributed by atoms with van der Waals surface area (Å²) in [6.07, 6.45) is 0. The first kappa shape index (κ1) is 16.0. The fraction of sp³-hybridized carbons (Fsp3) is 0.615. The van der Waals surface area contributed by atoms with E-state index in [9.17, 15) is 9.59 Å². The van der Waals surface area contributed by atoms with Crippen molar-refractivity contribution in [1.82, 2.24) is 14.7 Å². The Morgan fingerprint density at radius 3 is 2.40 bits per heavy atom. The number of amides is 2. The van der Waals surface area contributed by atoms with Gasteiger partial charge >= 0.3 is 12.0 Å². The van der Waals surface area contributed by atoms with E-state index in [4.69, 9.17) is 4.74 Å². The predicted octanol–water partition coefficient (Wildman–Crippen LogP) is 1.78. The molecule has 20 heavy (non-hydrogen) atoms. The van der Waals surface area contributed by atoms with Crippen LogP contribution in [0.25, 0.3) is 0 Å². The van der Waals surface area contributed by atoms with E-state index in [1.807, 2.05) is 13.8 Å². The average Bonchev–Trinajstić information content (AvgIpc) is 2.66. The van der Waals surface area contributed by atoms with Crippen molar-refractivity contribution >= 4 is 17.8 Å². The molecule has 0 aliphatic rings. The highest BCUT2D eigenvalue weighted by atomic mass is 16.5. The van der Waals surface area contributed by atoms with Crippen LogP contribution < -0.4 is 5.32 Å². The Morgan fingerprint density at radius 1 is 1.30 bits per heavy atom. The number of hydrogen-bond donors (Lipinski definition) is 1. The normalized spacial score (nSPS) is 10.2. The van der Waals surface area contributed by atoms with Crippen LogP contribution >= 0.6 is 0 Å². The minimum atomic E-state index is -0.479. The van der Waals surface area contributed by atoms with Crippen LogP contribution in [0.1, 0.15) is 36.8 Å². The van der Waals surface area contributed by atoms with Crippen molar-refractivity contribution in [2.45, 2.75) is 27.7 Å². The largest absolute Gasteiger partial charge is 0.462 e. The maximum absolute atomic E-state index is 12.1. The number of urea groups is 1. The van der Waals surface area contributed by atoms with Gasteiger partial charge in [0.1, 0.15) is 11.4 Å². The first-order chi connectivity index (χ1) is 9.46. The van der Waals surface area contributed by atoms with Gasteiger partial charge < -0.3 is 9.64 Å². The van der Waals surface area contributed by atoms with Gasteiger partial charge in [0.15, 0.2) is 0 Å². The van der Waals surface area contributed by atoms with Crippen molar-refractivity contribution in [3.63, 3.8) is 0 Å². The maximum atomic E-state index is 12.1. The molecule has 0 aliphatic carbocycles. The van der Waals surface area contributed by atoms with Crippen molar-refractivity contribution in [2.75, 3.05) is 25.0 Å². The lowest BCUT2D eigenvalue weighted by atomic mass is 10.2. The molecule has 0 aliphatic heterocycles. The average molecular weight is 282 g/mol. The van der Waals surface area contributed by atoms with Crippen molar-refractivity contribution in [3.8, 4) is 0 Å². The summed E-state index contributed by atoms with van der Waals surface area (Å²) in [4.78, 5) is 25.7. The van der Waals surface area contributed by atoms with Gasteiger partial charge in [0.25, 0.3) is 0 Å². The molecule has 1 aromatic rings. The zero-order chi connectivity index (χ0) is 15.3. The summed E-state index contributed by atoms with van der Waals surface area (Å²) in [5.41, 5.74) is 0.829. The van der Waals surface area contributed by atoms with Gasteiger partial charge in [0.2, 0.25) is 0 Å². The van der Waals surface area contributed by atoms with Gasteiger partial charge in [-0.05, 0) is 27.7 Å². The smallest absolute Gasteiger partial charge is 0.343 e. The molecule has 112 valence electrons. The number of nitrogens with one attached hydrogen (secondary N) is 1. The topological polar surface area (TPSA) is 76.5 Å². The fourth-order valence-corrected chi connectivity index (χ4v) is 1.94. The van der Waals surface area contributed by atoms with E-state index in [1.54, 1.807) is 25.8 Å². The molecular formula is C13H22N4O3. The third-order valence-electron chi connectivity index (χ3n) is 2.98. The van der Waals surface area contributed by atoms with E-state index >= 15 is 0 Å². The lowest BCUT2D eigenvalue weighted by Crippen LogP contribution is -2.35. The molecule has 7 nitrogen and oxygen atoms in total. The molecular weight excluding hydrogens is 260 g/mol. The van der Waals surface area contributed by atoms with Crippen molar-refractivity contribution in [2.24, 2.45) is 7.05 Å². The van der Waals surface area contributed by atoms with Crippen LogP contribution in [0, 0.1) is 6.92 Å². The minimum absolute atomic E-state index is 0.261. The summed E-state index contributed by atoms with van der Waals surface area (Å²) < 4.78 is 6.48. The summed E-state index contributed by atoms with van der Waals surface area (Å²) in [6.45, 7) is 8.68. The monoisotopic (exact) mass is 282 g/mol. The lowest BCUT2D eigenvalue weighted by molar-refractivity contribution is 0.0526. The van der Waals surface area contributed by atoms with Gasteiger partial charge in [-0.3, -0.25) is 10.00 Å². The number of hydrogen-bond acceptors (Lipinski definition) is 4. The zero-order valence-corrected chi connectivity index (χ0v) is 12.7. The molecule has 0 radical (unpaired) electrons. The van der Waals surface area contributed by atoms with Crippen molar-refractivity contribution in [3.05, 3.63) is 11.3 Å². The molecule has 0 aromatic carbocycles. The summed E-state index contributed by atoms with van der Waals surface area (Å²) in [6, 6.07) is -0.261. The molecule has 0 unspecified atom stereocenters. The second-order valence-corrected chi connectivity index (χ2v) is 4.26. The Balaban J connectivity index is 3.06. The Morgan fingerprint density at radius 2 is 1.90 bits per heavy atom. The number of carbonyl (C=O) groups is 2. The van der Waals surface area contributed by atoms with Gasteiger partial charge in [-0.2, -0.15) is 5.10 Å². The number of nitrogens with zero attached hydrogens (tertiary/aromatic N) is 3. The van der Waals surface area contributed by atoms with Crippen LogP contribution in [0.15, 0.2) is 0 Å². The first-order valence-corrected chi connectivity index (χ1v) is 6.72. The zero-order valence-electron chi connectivity index (χ0n) is 12.7. The summed E-state index contributed by atoms with van der Waals surface area (Å²) in [5.74, 6) is -0.120. The SMILES string of the molecule is CCOC(=O)c1c(C)nn(C)c1NC(=O)N(CC)CC. The molecule has 0 atom stereocenters. The molecule has 0 saturated carbocycles. The summed E-state index contributed by atoms with van der Waals surface area (Å²) >= 11 is 0. The number of anilines is 1. The van der Waals surface area contributed by atoms with Crippen LogP contribution in [0.5, 0.6) is 0 Å². The Bertz CT molecular complexity index is 492. The Hall–Kier alpha value is -2.05. The van der Waals surface area contributed by atoms with Gasteiger partial charge in [-0.25, -0.2) is 9.59 Å². The third-order valence-corrected chi connectivity index (χ3v) is 2.98. The Labute approximate surface area is 118 Å². The second kappa shape index (κ2) is 6.93. The number of rotatable bonds is 5. The highest BCUT2D eigenvalue weighted by molar-refractivity contribution is 6.00. The molecule has 7 heteroatoms. The van der Waals surface area contributed by atoms with Crippen LogP contribution in [0.3, 0.4) is 0 Å². The molecule has 0 fully saturated rings. The quantitative estimate of drug-likeness (QED) is 0.835. The molecule has 0 saturated heterocycles. The molecule has 1 rings (SSSR count). The highest BCUT2D eigenvalue weighted by Crippen LogP contribution is 2.20. The first-order valence-electron chi connectivity index (χ1n) is 6.72.